The predicted molar refractivity (Wildman–Crippen MR) is 144 cm³/mol. The first kappa shape index (κ1) is 27.9. The minimum Gasteiger partial charge on any atom is -0.472 e. The summed E-state index contributed by atoms with van der Waals surface area (Å²) in [4.78, 5) is 53.7. The minimum atomic E-state index is -0.997. The Morgan fingerprint density at radius 2 is 1.90 bits per heavy atom. The average molecular weight is 567 g/mol. The number of esters is 3. The van der Waals surface area contributed by atoms with Crippen LogP contribution in [-0.4, -0.2) is 48.6 Å². The molecule has 1 saturated heterocycles. The molecular weight excluding hydrogens is 528 g/mol. The highest BCUT2D eigenvalue weighted by Gasteiger charge is 2.84. The van der Waals surface area contributed by atoms with E-state index in [2.05, 4.69) is 6.92 Å². The van der Waals surface area contributed by atoms with Crippen molar-refractivity contribution >= 4 is 23.7 Å². The van der Waals surface area contributed by atoms with Crippen molar-refractivity contribution in [3.05, 3.63) is 47.5 Å². The number of carbonyl (C=O) groups excluding carboxylic acids is 4. The van der Waals surface area contributed by atoms with E-state index < -0.39 is 69.9 Å². The van der Waals surface area contributed by atoms with Crippen molar-refractivity contribution in [3.63, 3.8) is 0 Å². The number of cyclic esters (lactones) is 1. The van der Waals surface area contributed by atoms with E-state index in [9.17, 15) is 19.2 Å². The standard InChI is InChI=1S/C32H38O9/c1-8-16(2)28(36)40-26-23-24(35)31(6,19(29(26,3)4)13-21(33)37-7)18-9-11-30(5)20(32(18)27(23)41-32)14-22(34)39-25(30)17-10-12-38-15-17/h8,10,12,14-15,18-19,23,25-27H,9,11,13H2,1-7H3/b16-8+/t18-,19+,23-,25+,26-,27-,30-,31-,32-/m1/s1. The number of ether oxygens (including phenoxy) is 4. The fraction of sp³-hybridized carbons (Fsp3) is 0.625. The lowest BCUT2D eigenvalue weighted by Crippen LogP contribution is -2.71. The molecule has 3 heterocycles. The van der Waals surface area contributed by atoms with E-state index in [1.807, 2.05) is 20.8 Å². The van der Waals surface area contributed by atoms with Crippen LogP contribution in [0.15, 0.2) is 46.3 Å². The number of fused-ring (bicyclic) bond motifs is 5. The quantitative estimate of drug-likeness (QED) is 0.217. The molecule has 4 fully saturated rings. The van der Waals surface area contributed by atoms with Crippen LogP contribution in [-0.2, 0) is 38.1 Å². The third-order valence-corrected chi connectivity index (χ3v) is 11.3. The summed E-state index contributed by atoms with van der Waals surface area (Å²) in [6.45, 7) is 11.4. The van der Waals surface area contributed by atoms with E-state index >= 15 is 0 Å². The summed E-state index contributed by atoms with van der Waals surface area (Å²) < 4.78 is 29.2. The van der Waals surface area contributed by atoms with Crippen LogP contribution < -0.4 is 0 Å². The molecule has 0 aromatic carbocycles. The highest BCUT2D eigenvalue weighted by atomic mass is 16.6. The topological polar surface area (TPSA) is 122 Å². The van der Waals surface area contributed by atoms with Gasteiger partial charge in [-0.05, 0) is 44.2 Å². The summed E-state index contributed by atoms with van der Waals surface area (Å²) in [7, 11) is 1.33. The number of Topliss-reactive ketones (excluding diaryl/α,β-unsaturated/α-hetero) is 1. The molecule has 6 rings (SSSR count). The van der Waals surface area contributed by atoms with Gasteiger partial charge < -0.3 is 23.4 Å². The maximum atomic E-state index is 14.6. The predicted octanol–water partition coefficient (Wildman–Crippen LogP) is 4.66. The van der Waals surface area contributed by atoms with Crippen molar-refractivity contribution in [2.24, 2.45) is 34.0 Å². The second kappa shape index (κ2) is 8.90. The third kappa shape index (κ3) is 3.50. The van der Waals surface area contributed by atoms with Crippen molar-refractivity contribution in [1.82, 2.24) is 0 Å². The molecule has 2 aliphatic heterocycles. The molecule has 1 aromatic heterocycles. The summed E-state index contributed by atoms with van der Waals surface area (Å²) in [5.41, 5.74) is -1.29. The van der Waals surface area contributed by atoms with Gasteiger partial charge in [-0.2, -0.15) is 0 Å². The monoisotopic (exact) mass is 566 g/mol. The number of allylic oxidation sites excluding steroid dienone is 1. The molecule has 220 valence electrons. The normalized spacial score (nSPS) is 42.1. The van der Waals surface area contributed by atoms with E-state index in [1.165, 1.54) is 7.11 Å². The Morgan fingerprint density at radius 1 is 1.17 bits per heavy atom. The van der Waals surface area contributed by atoms with Crippen LogP contribution in [0.3, 0.4) is 0 Å². The lowest BCUT2D eigenvalue weighted by atomic mass is 9.38. The minimum absolute atomic E-state index is 0.0115. The molecule has 1 spiro atoms. The van der Waals surface area contributed by atoms with Crippen LogP contribution in [0.4, 0.5) is 0 Å². The van der Waals surface area contributed by atoms with Crippen LogP contribution >= 0.6 is 0 Å². The highest BCUT2D eigenvalue weighted by molar-refractivity contribution is 5.95. The van der Waals surface area contributed by atoms with Crippen LogP contribution in [0.5, 0.6) is 0 Å². The van der Waals surface area contributed by atoms with E-state index in [0.717, 1.165) is 11.1 Å². The lowest BCUT2D eigenvalue weighted by Gasteiger charge is -2.63. The number of carbonyl (C=O) groups is 4. The molecule has 9 nitrogen and oxygen atoms in total. The first-order valence-electron chi connectivity index (χ1n) is 14.4. The van der Waals surface area contributed by atoms with Gasteiger partial charge in [-0.1, -0.05) is 33.8 Å². The molecular formula is C32H38O9. The number of hydrogen-bond acceptors (Lipinski definition) is 9. The van der Waals surface area contributed by atoms with Gasteiger partial charge in [0, 0.05) is 45.8 Å². The Hall–Kier alpha value is -3.20. The number of hydrogen-bond donors (Lipinski definition) is 0. The Bertz CT molecular complexity index is 1390. The van der Waals surface area contributed by atoms with Gasteiger partial charge in [-0.3, -0.25) is 9.59 Å². The number of ketones is 1. The van der Waals surface area contributed by atoms with Crippen molar-refractivity contribution < 1.29 is 42.5 Å². The molecule has 0 N–H and O–H groups in total. The summed E-state index contributed by atoms with van der Waals surface area (Å²) in [6, 6.07) is 1.80. The van der Waals surface area contributed by atoms with Crippen LogP contribution in [0.25, 0.3) is 0 Å². The molecule has 41 heavy (non-hydrogen) atoms. The van der Waals surface area contributed by atoms with E-state index in [-0.39, 0.29) is 18.1 Å². The van der Waals surface area contributed by atoms with E-state index in [1.54, 1.807) is 44.6 Å². The third-order valence-electron chi connectivity index (χ3n) is 11.3. The fourth-order valence-corrected chi connectivity index (χ4v) is 9.08. The van der Waals surface area contributed by atoms with Gasteiger partial charge in [0.2, 0.25) is 0 Å². The zero-order valence-electron chi connectivity index (χ0n) is 24.6. The van der Waals surface area contributed by atoms with E-state index in [0.29, 0.717) is 18.4 Å². The molecule has 3 saturated carbocycles. The SMILES string of the molecule is C/C=C(\C)C(=O)O[C@@H]1[C@H]2C(=O)[C@](C)([C@H]3CC[C@]4(C)C(=CC(=O)O[C@H]4c4ccoc4)[C@]34O[C@H]24)[C@@H](CC(=O)OC)C1(C)C. The Kier molecular flexibility index (Phi) is 6.07. The van der Waals surface area contributed by atoms with Crippen molar-refractivity contribution in [1.29, 1.82) is 0 Å². The second-order valence-corrected chi connectivity index (χ2v) is 13.4. The Morgan fingerprint density at radius 3 is 2.54 bits per heavy atom. The van der Waals surface area contributed by atoms with E-state index in [4.69, 9.17) is 23.4 Å². The van der Waals surface area contributed by atoms with Gasteiger partial charge in [0.05, 0.1) is 25.6 Å². The second-order valence-electron chi connectivity index (χ2n) is 13.4. The van der Waals surface area contributed by atoms with Gasteiger partial charge in [0.25, 0.3) is 0 Å². The van der Waals surface area contributed by atoms with Crippen LogP contribution in [0.1, 0.15) is 72.5 Å². The van der Waals surface area contributed by atoms with Crippen molar-refractivity contribution in [3.8, 4) is 0 Å². The molecule has 5 aliphatic rings. The van der Waals surface area contributed by atoms with Gasteiger partial charge in [-0.15, -0.1) is 0 Å². The average Bonchev–Trinajstić information content (AvgIpc) is 3.39. The summed E-state index contributed by atoms with van der Waals surface area (Å²) >= 11 is 0. The lowest BCUT2D eigenvalue weighted by molar-refractivity contribution is -0.202. The molecule has 1 aromatic rings. The van der Waals surface area contributed by atoms with Crippen molar-refractivity contribution in [2.75, 3.05) is 7.11 Å². The molecule has 0 unspecified atom stereocenters. The van der Waals surface area contributed by atoms with Crippen LogP contribution in [0.2, 0.25) is 0 Å². The Balaban J connectivity index is 1.51. The van der Waals surface area contributed by atoms with Crippen molar-refractivity contribution in [2.45, 2.75) is 84.7 Å². The zero-order valence-corrected chi connectivity index (χ0v) is 24.6. The number of rotatable bonds is 5. The molecule has 9 heteroatoms. The first-order chi connectivity index (χ1) is 19.3. The molecule has 9 atom stereocenters. The molecule has 2 bridgehead atoms. The van der Waals surface area contributed by atoms with Gasteiger partial charge >= 0.3 is 17.9 Å². The number of furan rings is 1. The van der Waals surface area contributed by atoms with Gasteiger partial charge in [0.15, 0.2) is 0 Å². The zero-order chi connectivity index (χ0) is 29.7. The molecule has 0 radical (unpaired) electrons. The highest BCUT2D eigenvalue weighted by Crippen LogP contribution is 2.76. The summed E-state index contributed by atoms with van der Waals surface area (Å²) in [6.07, 6.45) is 5.62. The summed E-state index contributed by atoms with van der Waals surface area (Å²) in [5, 5.41) is 0. The smallest absolute Gasteiger partial charge is 0.333 e. The number of epoxide rings is 1. The van der Waals surface area contributed by atoms with Gasteiger partial charge in [0.1, 0.15) is 29.7 Å². The number of methoxy groups -OCH3 is 1. The fourth-order valence-electron chi connectivity index (χ4n) is 9.08. The summed E-state index contributed by atoms with van der Waals surface area (Å²) in [5.74, 6) is -3.03. The molecule has 0 amide bonds. The maximum Gasteiger partial charge on any atom is 0.333 e. The van der Waals surface area contributed by atoms with Crippen LogP contribution in [0, 0.1) is 34.0 Å². The Labute approximate surface area is 239 Å². The van der Waals surface area contributed by atoms with Gasteiger partial charge in [-0.25, -0.2) is 9.59 Å². The first-order valence-corrected chi connectivity index (χ1v) is 14.4. The largest absolute Gasteiger partial charge is 0.472 e. The molecule has 3 aliphatic carbocycles. The maximum absolute atomic E-state index is 14.6.